The lowest BCUT2D eigenvalue weighted by Gasteiger charge is -2.04. The van der Waals surface area contributed by atoms with Crippen molar-refractivity contribution in [1.82, 2.24) is 0 Å². The predicted octanol–water partition coefficient (Wildman–Crippen LogP) is 0.369. The van der Waals surface area contributed by atoms with Crippen LogP contribution in [-0.4, -0.2) is 26.6 Å². The first-order chi connectivity index (χ1) is 4.81. The van der Waals surface area contributed by atoms with Gasteiger partial charge in [0.05, 0.1) is 0 Å². The molecule has 0 radical (unpaired) electrons. The number of unbranched alkanes of at least 4 members (excludes halogenated alkanes) is 3. The summed E-state index contributed by atoms with van der Waals surface area (Å²) in [6.45, 7) is 4.88. The minimum Gasteiger partial charge on any atom is -0.0746 e. The Labute approximate surface area is 72.2 Å². The van der Waals surface area contributed by atoms with E-state index in [0.29, 0.717) is 8.55 Å². The first kappa shape index (κ1) is 10.7. The van der Waals surface area contributed by atoms with Crippen LogP contribution >= 0.6 is 0 Å². The molecule has 0 aromatic heterocycles. The van der Waals surface area contributed by atoms with Crippen LogP contribution in [-0.2, 0) is 0 Å². The van der Waals surface area contributed by atoms with Crippen LogP contribution in [0.5, 0.6) is 0 Å². The van der Waals surface area contributed by atoms with Crippen LogP contribution in [0, 0.1) is 0 Å². The molecule has 0 N–H and O–H groups in total. The van der Waals surface area contributed by atoms with Crippen molar-refractivity contribution in [3.63, 3.8) is 0 Å². The fraction of sp³-hybridized carbons (Fsp3) is 1.00. The van der Waals surface area contributed by atoms with Crippen molar-refractivity contribution in [3.8, 4) is 0 Å². The Morgan fingerprint density at radius 1 is 1.30 bits per heavy atom. The van der Waals surface area contributed by atoms with E-state index < -0.39 is 0 Å². The largest absolute Gasteiger partial charge is 0.0746 e. The molecule has 0 heterocycles. The summed E-state index contributed by atoms with van der Waals surface area (Å²) in [5.74, 6) is 0. The van der Waals surface area contributed by atoms with Crippen LogP contribution in [0.2, 0.25) is 12.6 Å². The maximum Gasteiger partial charge on any atom is 0.0176 e. The van der Waals surface area contributed by atoms with Gasteiger partial charge in [0.2, 0.25) is 0 Å². The smallest absolute Gasteiger partial charge is 0.0176 e. The Morgan fingerprint density at radius 3 is 2.50 bits per heavy atom. The van der Waals surface area contributed by atoms with Crippen LogP contribution in [0.1, 0.15) is 32.6 Å². The zero-order valence-corrected chi connectivity index (χ0v) is 12.4. The van der Waals surface area contributed by atoms with Gasteiger partial charge in [0.25, 0.3) is 0 Å². The first-order valence-electron chi connectivity index (χ1n) is 4.81. The fourth-order valence-electron chi connectivity index (χ4n) is 1.12. The topological polar surface area (TPSA) is 0 Å². The number of hydrogen-bond donors (Lipinski definition) is 0. The predicted molar refractivity (Wildman–Crippen MR) is 60.4 cm³/mol. The van der Waals surface area contributed by atoms with Crippen molar-refractivity contribution in [3.05, 3.63) is 0 Å². The Morgan fingerprint density at radius 2 is 2.00 bits per heavy atom. The van der Waals surface area contributed by atoms with Gasteiger partial charge in [-0.1, -0.05) is 45.2 Å². The molecule has 0 nitrogen and oxygen atoms in total. The first-order valence-corrected chi connectivity index (χ1v) is 15.7. The third-order valence-corrected chi connectivity index (χ3v) is 23.0. The molecule has 1 unspecified atom stereocenters. The highest BCUT2D eigenvalue weighted by atomic mass is 29.5. The lowest BCUT2D eigenvalue weighted by atomic mass is 10.2. The van der Waals surface area contributed by atoms with Gasteiger partial charge < -0.3 is 0 Å². The lowest BCUT2D eigenvalue weighted by molar-refractivity contribution is 0.700. The van der Waals surface area contributed by atoms with E-state index in [2.05, 4.69) is 13.5 Å². The third-order valence-electron chi connectivity index (χ3n) is 2.25. The SMILES string of the molecule is CCCCCC[SiH](C)[SiH2][SiH3]. The van der Waals surface area contributed by atoms with Gasteiger partial charge in [-0.2, -0.15) is 0 Å². The summed E-state index contributed by atoms with van der Waals surface area (Å²) in [4.78, 5) is 0. The Balaban J connectivity index is 2.89. The van der Waals surface area contributed by atoms with Gasteiger partial charge in [-0.15, -0.1) is 0 Å². The molecule has 0 saturated heterocycles. The van der Waals surface area contributed by atoms with E-state index in [4.69, 9.17) is 0 Å². The van der Waals surface area contributed by atoms with E-state index in [-0.39, 0.29) is 8.31 Å². The summed E-state index contributed by atoms with van der Waals surface area (Å²) in [5.41, 5.74) is 0. The van der Waals surface area contributed by atoms with E-state index >= 15 is 0 Å². The normalized spacial score (nSPS) is 15.0. The molecule has 0 fully saturated rings. The zero-order chi connectivity index (χ0) is 7.82. The second-order valence-electron chi connectivity index (χ2n) is 3.36. The molecule has 0 amide bonds. The molecule has 0 aliphatic carbocycles. The molecule has 1 atom stereocenters. The maximum atomic E-state index is 2.59. The zero-order valence-electron chi connectivity index (χ0n) is 7.82. The molecule has 62 valence electrons. The van der Waals surface area contributed by atoms with Crippen LogP contribution in [0.3, 0.4) is 0 Å². The summed E-state index contributed by atoms with van der Waals surface area (Å²) < 4.78 is 0. The van der Waals surface area contributed by atoms with E-state index in [1.807, 2.05) is 0 Å². The molecule has 0 aromatic rings. The minimum absolute atomic E-state index is 0.0234. The molecule has 0 bridgehead atoms. The maximum absolute atomic E-state index is 2.59. The van der Waals surface area contributed by atoms with Crippen molar-refractivity contribution >= 4 is 26.6 Å². The molecule has 0 aliphatic rings. The summed E-state index contributed by atoms with van der Waals surface area (Å²) >= 11 is 0. The number of hydrogen-bond acceptors (Lipinski definition) is 0. The molecule has 0 spiro atoms. The molecular weight excluding hydrogens is 168 g/mol. The molecule has 0 saturated carbocycles. The Hall–Kier alpha value is 0.651. The average Bonchev–Trinajstić information content (AvgIpc) is 1.98. The van der Waals surface area contributed by atoms with Gasteiger partial charge in [0.1, 0.15) is 0 Å². The highest BCUT2D eigenvalue weighted by Crippen LogP contribution is 2.04. The molecule has 10 heavy (non-hydrogen) atoms. The van der Waals surface area contributed by atoms with Crippen LogP contribution in [0.15, 0.2) is 0 Å². The Kier molecular flexibility index (Phi) is 8.26. The summed E-state index contributed by atoms with van der Waals surface area (Å²) in [7, 11) is 2.15. The van der Waals surface area contributed by atoms with Gasteiger partial charge in [0.15, 0.2) is 0 Å². The minimum atomic E-state index is -0.0234. The van der Waals surface area contributed by atoms with Crippen molar-refractivity contribution in [1.29, 1.82) is 0 Å². The highest BCUT2D eigenvalue weighted by Gasteiger charge is 1.98. The highest BCUT2D eigenvalue weighted by molar-refractivity contribution is 7.31. The standard InChI is InChI=1S/C7H22Si3/c1-3-4-5-6-7-10(2)9-8/h10H,3-7,9H2,1-2,8H3. The third kappa shape index (κ3) is 6.77. The molecule has 0 aliphatic heterocycles. The average molecular weight is 191 g/mol. The van der Waals surface area contributed by atoms with Crippen LogP contribution in [0.4, 0.5) is 0 Å². The molecule has 0 aromatic carbocycles. The van der Waals surface area contributed by atoms with E-state index in [9.17, 15) is 0 Å². The molecule has 3 heteroatoms. The van der Waals surface area contributed by atoms with Gasteiger partial charge in [-0.25, -0.2) is 0 Å². The van der Waals surface area contributed by atoms with Crippen molar-refractivity contribution in [2.75, 3.05) is 0 Å². The fourth-order valence-corrected chi connectivity index (χ4v) is 8.28. The second-order valence-corrected chi connectivity index (χ2v) is 20.9. The van der Waals surface area contributed by atoms with E-state index in [1.54, 1.807) is 22.2 Å². The second kappa shape index (κ2) is 7.75. The summed E-state index contributed by atoms with van der Waals surface area (Å²) in [6, 6.07) is 1.68. The van der Waals surface area contributed by atoms with Gasteiger partial charge in [-0.3, -0.25) is 0 Å². The monoisotopic (exact) mass is 190 g/mol. The summed E-state index contributed by atoms with van der Waals surface area (Å²) in [5, 5.41) is 0. The number of rotatable bonds is 6. The van der Waals surface area contributed by atoms with Crippen LogP contribution in [0.25, 0.3) is 0 Å². The lowest BCUT2D eigenvalue weighted by Crippen LogP contribution is -2.17. The van der Waals surface area contributed by atoms with E-state index in [0.717, 1.165) is 0 Å². The van der Waals surface area contributed by atoms with Gasteiger partial charge in [0, 0.05) is 8.31 Å². The van der Waals surface area contributed by atoms with Crippen molar-refractivity contribution < 1.29 is 0 Å². The van der Waals surface area contributed by atoms with E-state index in [1.165, 1.54) is 19.3 Å². The van der Waals surface area contributed by atoms with Crippen molar-refractivity contribution in [2.24, 2.45) is 0 Å². The van der Waals surface area contributed by atoms with Crippen LogP contribution < -0.4 is 0 Å². The van der Waals surface area contributed by atoms with Crippen molar-refractivity contribution in [2.45, 2.75) is 45.2 Å². The Bertz CT molecular complexity index is 65.9. The van der Waals surface area contributed by atoms with Gasteiger partial charge >= 0.3 is 0 Å². The quantitative estimate of drug-likeness (QED) is 0.419. The molecule has 0 rings (SSSR count). The summed E-state index contributed by atoms with van der Waals surface area (Å²) in [6.07, 6.45) is 5.96. The van der Waals surface area contributed by atoms with Gasteiger partial charge in [-0.05, 0) is 18.3 Å². The molecular formula is C7H22Si3.